The summed E-state index contributed by atoms with van der Waals surface area (Å²) >= 11 is 0. The van der Waals surface area contributed by atoms with E-state index in [0.29, 0.717) is 30.9 Å². The summed E-state index contributed by atoms with van der Waals surface area (Å²) in [4.78, 5) is 1.89. The van der Waals surface area contributed by atoms with Crippen LogP contribution in [0.1, 0.15) is 24.4 Å². The van der Waals surface area contributed by atoms with E-state index in [1.54, 1.807) is 5.01 Å². The zero-order chi connectivity index (χ0) is 21.4. The Hall–Kier alpha value is -2.82. The van der Waals surface area contributed by atoms with Crippen molar-refractivity contribution in [3.63, 3.8) is 0 Å². The van der Waals surface area contributed by atoms with E-state index in [1.807, 2.05) is 23.3 Å². The largest absolute Gasteiger partial charge is 0.491 e. The van der Waals surface area contributed by atoms with Gasteiger partial charge in [0.1, 0.15) is 11.6 Å². The molecule has 0 saturated carbocycles. The van der Waals surface area contributed by atoms with Crippen molar-refractivity contribution in [1.82, 2.24) is 36.2 Å². The molecule has 0 unspecified atom stereocenters. The lowest BCUT2D eigenvalue weighted by Crippen LogP contribution is -2.51. The third-order valence-electron chi connectivity index (χ3n) is 6.19. The Labute approximate surface area is 180 Å². The number of piperazine rings is 1. The smallest absolute Gasteiger partial charge is 0.251 e. The van der Waals surface area contributed by atoms with Crippen LogP contribution in [0.4, 0.5) is 8.78 Å². The van der Waals surface area contributed by atoms with Crippen LogP contribution in [0.3, 0.4) is 0 Å². The van der Waals surface area contributed by atoms with Gasteiger partial charge in [0, 0.05) is 44.5 Å². The van der Waals surface area contributed by atoms with Crippen molar-refractivity contribution >= 4 is 0 Å². The summed E-state index contributed by atoms with van der Waals surface area (Å²) in [6, 6.07) is 3.18. The number of benzene rings is 1. The third-order valence-corrected chi connectivity index (χ3v) is 6.19. The van der Waals surface area contributed by atoms with Gasteiger partial charge >= 0.3 is 0 Å². The molecule has 1 atom stereocenters. The molecule has 0 aromatic heterocycles. The number of aliphatic hydroxyl groups is 1. The minimum absolute atomic E-state index is 0.00948. The average molecular weight is 431 g/mol. The van der Waals surface area contributed by atoms with E-state index in [1.165, 1.54) is 6.07 Å². The maximum atomic E-state index is 14.4. The molecule has 166 valence electrons. The number of rotatable bonds is 4. The Morgan fingerprint density at radius 1 is 1.10 bits per heavy atom. The summed E-state index contributed by atoms with van der Waals surface area (Å²) in [6.45, 7) is 5.18. The number of nitrogens with zero attached hydrogens (tertiary/aromatic N) is 4. The van der Waals surface area contributed by atoms with Gasteiger partial charge < -0.3 is 20.3 Å². The number of aliphatic hydroxyl groups excluding tert-OH is 1. The highest BCUT2D eigenvalue weighted by atomic mass is 19.1. The lowest BCUT2D eigenvalue weighted by atomic mass is 10.0. The van der Waals surface area contributed by atoms with Gasteiger partial charge in [-0.25, -0.2) is 18.8 Å². The molecule has 0 bridgehead atoms. The lowest BCUT2D eigenvalue weighted by Gasteiger charge is -2.38. The molecule has 0 radical (unpaired) electrons. The molecule has 1 aromatic rings. The fourth-order valence-corrected chi connectivity index (χ4v) is 4.60. The molecule has 4 aliphatic heterocycles. The molecule has 8 nitrogen and oxygen atoms in total. The van der Waals surface area contributed by atoms with Crippen LogP contribution < -0.4 is 16.3 Å². The van der Waals surface area contributed by atoms with Gasteiger partial charge in [-0.05, 0) is 43.2 Å². The van der Waals surface area contributed by atoms with Gasteiger partial charge in [-0.2, -0.15) is 0 Å². The topological polar surface area (TPSA) is 69.3 Å². The van der Waals surface area contributed by atoms with Crippen molar-refractivity contribution in [2.75, 3.05) is 39.3 Å². The zero-order valence-corrected chi connectivity index (χ0v) is 17.2. The van der Waals surface area contributed by atoms with Crippen LogP contribution in [-0.2, 0) is 0 Å². The number of hydrogen-bond acceptors (Lipinski definition) is 8. The second-order valence-corrected chi connectivity index (χ2v) is 8.03. The molecule has 4 N–H and O–H groups in total. The molecule has 2 fully saturated rings. The molecule has 4 aliphatic rings. The predicted molar refractivity (Wildman–Crippen MR) is 111 cm³/mol. The highest BCUT2D eigenvalue weighted by molar-refractivity contribution is 5.29. The first-order valence-corrected chi connectivity index (χ1v) is 10.7. The first-order chi connectivity index (χ1) is 15.1. The fourth-order valence-electron chi connectivity index (χ4n) is 4.60. The average Bonchev–Trinajstić information content (AvgIpc) is 3.42. The first-order valence-electron chi connectivity index (χ1n) is 10.7. The minimum Gasteiger partial charge on any atom is -0.491 e. The Morgan fingerprint density at radius 3 is 2.71 bits per heavy atom. The monoisotopic (exact) mass is 431 g/mol. The van der Waals surface area contributed by atoms with Crippen molar-refractivity contribution < 1.29 is 13.9 Å². The van der Waals surface area contributed by atoms with Gasteiger partial charge in [-0.3, -0.25) is 5.43 Å². The van der Waals surface area contributed by atoms with Gasteiger partial charge in [0.2, 0.25) is 0 Å². The van der Waals surface area contributed by atoms with Crippen molar-refractivity contribution in [1.29, 1.82) is 0 Å². The number of hydrazine groups is 3. The van der Waals surface area contributed by atoms with E-state index < -0.39 is 11.6 Å². The molecule has 5 rings (SSSR count). The van der Waals surface area contributed by atoms with E-state index in [-0.39, 0.29) is 11.9 Å². The number of halogens is 2. The van der Waals surface area contributed by atoms with Crippen LogP contribution in [0, 0.1) is 11.6 Å². The molecule has 4 heterocycles. The zero-order valence-electron chi connectivity index (χ0n) is 17.2. The van der Waals surface area contributed by atoms with Gasteiger partial charge in [0.15, 0.2) is 5.82 Å². The molecule has 0 amide bonds. The second kappa shape index (κ2) is 8.37. The molecule has 0 spiro atoms. The fraction of sp³-hybridized carbons (Fsp3) is 0.429. The van der Waals surface area contributed by atoms with Crippen molar-refractivity contribution in [2.24, 2.45) is 0 Å². The van der Waals surface area contributed by atoms with Gasteiger partial charge in [-0.1, -0.05) is 0 Å². The lowest BCUT2D eigenvalue weighted by molar-refractivity contribution is 0.0182. The van der Waals surface area contributed by atoms with Gasteiger partial charge in [-0.15, -0.1) is 5.53 Å². The van der Waals surface area contributed by atoms with E-state index in [2.05, 4.69) is 26.3 Å². The SMILES string of the molecule is OC1=C(N2CCC[C@@H]2c2cc(F)ccc2F)NNN1C1=CCN(N2CCNCC2)C=C1. The second-order valence-electron chi connectivity index (χ2n) is 8.03. The molecule has 1 aromatic carbocycles. The molecule has 31 heavy (non-hydrogen) atoms. The van der Waals surface area contributed by atoms with Crippen LogP contribution in [-0.4, -0.2) is 64.3 Å². The van der Waals surface area contributed by atoms with Crippen molar-refractivity contribution in [3.05, 3.63) is 71.2 Å². The number of allylic oxidation sites excluding steroid dienone is 1. The van der Waals surface area contributed by atoms with Crippen LogP contribution in [0.15, 0.2) is 54.0 Å². The van der Waals surface area contributed by atoms with Gasteiger partial charge in [0.25, 0.3) is 5.88 Å². The number of likely N-dealkylation sites (tertiary alicyclic amines) is 1. The summed E-state index contributed by atoms with van der Waals surface area (Å²) in [6.07, 6.45) is 7.48. The Bertz CT molecular complexity index is 928. The third kappa shape index (κ3) is 3.82. The van der Waals surface area contributed by atoms with E-state index in [9.17, 15) is 13.9 Å². The number of hydrogen-bond donors (Lipinski definition) is 4. The van der Waals surface area contributed by atoms with E-state index in [4.69, 9.17) is 0 Å². The maximum absolute atomic E-state index is 14.4. The Morgan fingerprint density at radius 2 is 1.94 bits per heavy atom. The molecular formula is C21H27F2N7O. The first kappa shape index (κ1) is 20.1. The minimum atomic E-state index is -0.466. The standard InChI is InChI=1S/C21H27F2N7O/c22-15-3-4-18(23)17(14-15)19-2-1-9-29(19)20-21(31)30(26-25-20)16-5-10-27(11-6-16)28-12-7-24-8-13-28/h3-6,10,14,19,24-26,31H,1-2,7-9,11-13H2/t19-/m1/s1. The maximum Gasteiger partial charge on any atom is 0.251 e. The van der Waals surface area contributed by atoms with Crippen LogP contribution in [0.2, 0.25) is 0 Å². The van der Waals surface area contributed by atoms with Crippen LogP contribution in [0.5, 0.6) is 0 Å². The summed E-state index contributed by atoms with van der Waals surface area (Å²) in [5.41, 5.74) is 7.11. The van der Waals surface area contributed by atoms with E-state index >= 15 is 0 Å². The summed E-state index contributed by atoms with van der Waals surface area (Å²) < 4.78 is 28.1. The normalized spacial score (nSPS) is 24.8. The predicted octanol–water partition coefficient (Wildman–Crippen LogP) is 1.64. The number of nitrogens with one attached hydrogen (secondary N) is 3. The van der Waals surface area contributed by atoms with Crippen LogP contribution in [0.25, 0.3) is 0 Å². The van der Waals surface area contributed by atoms with Gasteiger partial charge in [0.05, 0.1) is 18.3 Å². The quantitative estimate of drug-likeness (QED) is 0.574. The van der Waals surface area contributed by atoms with E-state index in [0.717, 1.165) is 50.4 Å². The van der Waals surface area contributed by atoms with Crippen LogP contribution >= 0.6 is 0 Å². The summed E-state index contributed by atoms with van der Waals surface area (Å²) in [5, 5.41) is 20.3. The Kier molecular flexibility index (Phi) is 5.43. The van der Waals surface area contributed by atoms with Crippen molar-refractivity contribution in [3.8, 4) is 0 Å². The molecule has 2 saturated heterocycles. The summed E-state index contributed by atoms with van der Waals surface area (Å²) in [5.74, 6) is -0.431. The highest BCUT2D eigenvalue weighted by Crippen LogP contribution is 2.37. The van der Waals surface area contributed by atoms with Crippen molar-refractivity contribution in [2.45, 2.75) is 18.9 Å². The molecule has 0 aliphatic carbocycles. The molecule has 10 heteroatoms. The summed E-state index contributed by atoms with van der Waals surface area (Å²) in [7, 11) is 0. The Balaban J connectivity index is 1.32. The highest BCUT2D eigenvalue weighted by Gasteiger charge is 2.36. The molecular weight excluding hydrogens is 404 g/mol.